The molecule has 4 nitrogen and oxygen atoms in total. The molecule has 0 aliphatic heterocycles. The molecule has 1 N–H and O–H groups in total. The van der Waals surface area contributed by atoms with Crippen molar-refractivity contribution in [1.82, 2.24) is 9.97 Å². The smallest absolute Gasteiger partial charge is 0.120 e. The van der Waals surface area contributed by atoms with Crippen LogP contribution in [0.5, 0.6) is 5.75 Å². The van der Waals surface area contributed by atoms with Crippen LogP contribution >= 0.6 is 0 Å². The summed E-state index contributed by atoms with van der Waals surface area (Å²) in [6, 6.07) is 12.0. The van der Waals surface area contributed by atoms with Crippen molar-refractivity contribution in [3.8, 4) is 11.8 Å². The van der Waals surface area contributed by atoms with Crippen LogP contribution in [0.15, 0.2) is 42.7 Å². The zero-order chi connectivity index (χ0) is 14.4. The Kier molecular flexibility index (Phi) is 2.36. The van der Waals surface area contributed by atoms with Crippen molar-refractivity contribution < 1.29 is 4.74 Å². The molecular weight excluding hydrogens is 262 g/mol. The van der Waals surface area contributed by atoms with Crippen molar-refractivity contribution >= 4 is 32.6 Å². The Hall–Kier alpha value is -3.06. The van der Waals surface area contributed by atoms with Crippen molar-refractivity contribution in [2.24, 2.45) is 0 Å². The number of rotatable bonds is 1. The van der Waals surface area contributed by atoms with Gasteiger partial charge in [0.1, 0.15) is 5.75 Å². The fraction of sp³-hybridized carbons (Fsp3) is 0.0588. The third-order valence-electron chi connectivity index (χ3n) is 3.82. The number of H-pyrrole nitrogens is 1. The average molecular weight is 273 g/mol. The zero-order valence-corrected chi connectivity index (χ0v) is 11.3. The highest BCUT2D eigenvalue weighted by molar-refractivity contribution is 6.19. The molecule has 0 radical (unpaired) electrons. The van der Waals surface area contributed by atoms with Crippen LogP contribution in [0.25, 0.3) is 32.6 Å². The van der Waals surface area contributed by atoms with E-state index in [2.05, 4.69) is 16.0 Å². The van der Waals surface area contributed by atoms with E-state index in [0.717, 1.165) is 38.3 Å². The number of aromatic nitrogens is 2. The molecule has 100 valence electrons. The summed E-state index contributed by atoms with van der Waals surface area (Å²) >= 11 is 0. The highest BCUT2D eigenvalue weighted by Gasteiger charge is 2.13. The van der Waals surface area contributed by atoms with Gasteiger partial charge in [-0.2, -0.15) is 5.26 Å². The van der Waals surface area contributed by atoms with E-state index < -0.39 is 0 Å². The largest absolute Gasteiger partial charge is 0.497 e. The molecule has 4 rings (SSSR count). The Bertz CT molecular complexity index is 1040. The Morgan fingerprint density at radius 3 is 2.90 bits per heavy atom. The molecule has 0 amide bonds. The van der Waals surface area contributed by atoms with Gasteiger partial charge in [0.25, 0.3) is 0 Å². The normalized spacial score (nSPS) is 11.0. The molecule has 0 saturated carbocycles. The van der Waals surface area contributed by atoms with Gasteiger partial charge in [-0.15, -0.1) is 0 Å². The van der Waals surface area contributed by atoms with Crippen LogP contribution in [0.2, 0.25) is 0 Å². The lowest BCUT2D eigenvalue weighted by molar-refractivity contribution is 0.415. The molecule has 4 aromatic rings. The number of nitrogens with one attached hydrogen (secondary N) is 1. The fourth-order valence-corrected chi connectivity index (χ4v) is 2.85. The first-order valence-electron chi connectivity index (χ1n) is 6.58. The molecule has 0 bridgehead atoms. The number of nitriles is 1. The lowest BCUT2D eigenvalue weighted by atomic mass is 10.0. The maximum atomic E-state index is 9.46. The third kappa shape index (κ3) is 1.58. The molecule has 0 unspecified atom stereocenters. The average Bonchev–Trinajstić information content (AvgIpc) is 2.92. The zero-order valence-electron chi connectivity index (χ0n) is 11.3. The van der Waals surface area contributed by atoms with Crippen molar-refractivity contribution in [3.05, 3.63) is 48.3 Å². The Labute approximate surface area is 120 Å². The molecule has 0 saturated heterocycles. The summed E-state index contributed by atoms with van der Waals surface area (Å²) in [6.45, 7) is 0. The van der Waals surface area contributed by atoms with E-state index in [-0.39, 0.29) is 0 Å². The van der Waals surface area contributed by atoms with Crippen LogP contribution < -0.4 is 4.74 Å². The molecule has 0 aliphatic rings. The molecule has 0 spiro atoms. The van der Waals surface area contributed by atoms with Crippen LogP contribution in [0, 0.1) is 11.3 Å². The first-order valence-corrected chi connectivity index (χ1v) is 6.58. The van der Waals surface area contributed by atoms with E-state index in [4.69, 9.17) is 4.74 Å². The van der Waals surface area contributed by atoms with Crippen LogP contribution in [0.4, 0.5) is 0 Å². The lowest BCUT2D eigenvalue weighted by Crippen LogP contribution is -1.82. The predicted octanol–water partition coefficient (Wildman–Crippen LogP) is 3.75. The van der Waals surface area contributed by atoms with Gasteiger partial charge in [0.2, 0.25) is 0 Å². The molecule has 0 aliphatic carbocycles. The highest BCUT2D eigenvalue weighted by Crippen LogP contribution is 2.34. The molecular formula is C17H11N3O. The van der Waals surface area contributed by atoms with Gasteiger partial charge in [-0.3, -0.25) is 4.98 Å². The van der Waals surface area contributed by atoms with Gasteiger partial charge in [0, 0.05) is 40.0 Å². The van der Waals surface area contributed by atoms with Crippen molar-refractivity contribution in [3.63, 3.8) is 0 Å². The van der Waals surface area contributed by atoms with Crippen molar-refractivity contribution in [1.29, 1.82) is 5.26 Å². The summed E-state index contributed by atoms with van der Waals surface area (Å²) in [5.74, 6) is 0.790. The maximum Gasteiger partial charge on any atom is 0.120 e. The standard InChI is InChI=1S/C17H11N3O/c1-21-12-2-3-14-15(7-12)20-17-13-4-5-19-9-11(13)6-10(8-18)16(14)17/h2-7,9,20H,1H3. The minimum Gasteiger partial charge on any atom is -0.497 e. The predicted molar refractivity (Wildman–Crippen MR) is 82.4 cm³/mol. The molecule has 4 heteroatoms. The van der Waals surface area contributed by atoms with Gasteiger partial charge in [0.05, 0.1) is 29.8 Å². The van der Waals surface area contributed by atoms with Crippen LogP contribution in [0.3, 0.4) is 0 Å². The number of methoxy groups -OCH3 is 1. The lowest BCUT2D eigenvalue weighted by Gasteiger charge is -2.01. The summed E-state index contributed by atoms with van der Waals surface area (Å²) in [7, 11) is 1.64. The first-order chi connectivity index (χ1) is 10.3. The second-order valence-electron chi connectivity index (χ2n) is 4.92. The number of hydrogen-bond acceptors (Lipinski definition) is 3. The van der Waals surface area contributed by atoms with Gasteiger partial charge in [-0.1, -0.05) is 0 Å². The molecule has 0 atom stereocenters. The maximum absolute atomic E-state index is 9.46. The van der Waals surface area contributed by atoms with Gasteiger partial charge in [-0.05, 0) is 24.3 Å². The number of aromatic amines is 1. The molecule has 21 heavy (non-hydrogen) atoms. The number of nitrogens with zero attached hydrogens (tertiary/aromatic N) is 2. The van der Waals surface area contributed by atoms with Gasteiger partial charge < -0.3 is 9.72 Å². The number of pyridine rings is 1. The van der Waals surface area contributed by atoms with Gasteiger partial charge in [-0.25, -0.2) is 0 Å². The number of hydrogen-bond donors (Lipinski definition) is 1. The van der Waals surface area contributed by atoms with Crippen molar-refractivity contribution in [2.75, 3.05) is 7.11 Å². The molecule has 2 heterocycles. The summed E-state index contributed by atoms with van der Waals surface area (Å²) in [5, 5.41) is 13.5. The van der Waals surface area contributed by atoms with Crippen LogP contribution in [-0.4, -0.2) is 17.1 Å². The van der Waals surface area contributed by atoms with Crippen LogP contribution in [0.1, 0.15) is 5.56 Å². The molecule has 0 fully saturated rings. The number of benzene rings is 2. The number of ether oxygens (including phenoxy) is 1. The SMILES string of the molecule is COc1ccc2c(c1)[nH]c1c3ccncc3cc(C#N)c21. The van der Waals surface area contributed by atoms with Crippen LogP contribution in [-0.2, 0) is 0 Å². The summed E-state index contributed by atoms with van der Waals surface area (Å²) in [6.07, 6.45) is 3.54. The topological polar surface area (TPSA) is 61.7 Å². The van der Waals surface area contributed by atoms with E-state index in [1.807, 2.05) is 30.3 Å². The second-order valence-corrected chi connectivity index (χ2v) is 4.92. The van der Waals surface area contributed by atoms with E-state index in [1.165, 1.54) is 0 Å². The summed E-state index contributed by atoms with van der Waals surface area (Å²) in [5.41, 5.74) is 2.58. The Balaban J connectivity index is 2.27. The summed E-state index contributed by atoms with van der Waals surface area (Å²) in [4.78, 5) is 7.54. The number of fused-ring (bicyclic) bond motifs is 5. The minimum absolute atomic E-state index is 0.655. The fourth-order valence-electron chi connectivity index (χ4n) is 2.85. The van der Waals surface area contributed by atoms with E-state index in [9.17, 15) is 5.26 Å². The third-order valence-corrected chi connectivity index (χ3v) is 3.82. The molecule has 2 aromatic carbocycles. The van der Waals surface area contributed by atoms with E-state index >= 15 is 0 Å². The first kappa shape index (κ1) is 11.7. The quantitative estimate of drug-likeness (QED) is 0.574. The van der Waals surface area contributed by atoms with Gasteiger partial charge in [0.15, 0.2) is 0 Å². The van der Waals surface area contributed by atoms with E-state index in [1.54, 1.807) is 19.5 Å². The summed E-state index contributed by atoms with van der Waals surface area (Å²) < 4.78 is 5.27. The Morgan fingerprint density at radius 2 is 2.10 bits per heavy atom. The second kappa shape index (κ2) is 4.22. The monoisotopic (exact) mass is 273 g/mol. The minimum atomic E-state index is 0.655. The Morgan fingerprint density at radius 1 is 1.19 bits per heavy atom. The van der Waals surface area contributed by atoms with E-state index in [0.29, 0.717) is 5.56 Å². The molecule has 2 aromatic heterocycles. The van der Waals surface area contributed by atoms with Gasteiger partial charge >= 0.3 is 0 Å². The highest BCUT2D eigenvalue weighted by atomic mass is 16.5. The van der Waals surface area contributed by atoms with Crippen molar-refractivity contribution in [2.45, 2.75) is 0 Å².